The lowest BCUT2D eigenvalue weighted by atomic mass is 9.81. The Bertz CT molecular complexity index is 1920. The van der Waals surface area contributed by atoms with Crippen molar-refractivity contribution < 1.29 is 36.9 Å². The minimum atomic E-state index is -4.49. The Morgan fingerprint density at radius 1 is 1.12 bits per heavy atom. The number of alkyl halides is 3. The molecule has 4 aromatic rings. The minimum Gasteiger partial charge on any atom is -0.496 e. The molecule has 0 unspecified atom stereocenters. The first kappa shape index (κ1) is 28.5. The molecule has 12 heteroatoms. The number of hydrogen-bond acceptors (Lipinski definition) is 8. The lowest BCUT2D eigenvalue weighted by Gasteiger charge is -2.44. The Morgan fingerprint density at radius 3 is 2.65 bits per heavy atom. The normalized spacial score (nSPS) is 20.7. The molecule has 8 nitrogen and oxygen atoms in total. The number of methoxy groups -OCH3 is 2. The second-order valence-electron chi connectivity index (χ2n) is 10.2. The van der Waals surface area contributed by atoms with Crippen LogP contribution in [0.15, 0.2) is 76.5 Å². The molecule has 0 radical (unpaired) electrons. The number of nitrogens with zero attached hydrogens (tertiary/aromatic N) is 2. The van der Waals surface area contributed by atoms with Crippen molar-refractivity contribution >= 4 is 23.4 Å². The summed E-state index contributed by atoms with van der Waals surface area (Å²) >= 11 is 1.17. The van der Waals surface area contributed by atoms with E-state index in [1.807, 2.05) is 18.2 Å². The third-order valence-corrected chi connectivity index (χ3v) is 8.48. The fraction of sp³-hybridized carbons (Fsp3) is 0.258. The molecule has 2 aliphatic rings. The summed E-state index contributed by atoms with van der Waals surface area (Å²) in [6.07, 6.45) is -2.81. The van der Waals surface area contributed by atoms with Gasteiger partial charge in [0, 0.05) is 11.1 Å². The predicted octanol–water partition coefficient (Wildman–Crippen LogP) is 4.47. The van der Waals surface area contributed by atoms with Crippen molar-refractivity contribution in [3.8, 4) is 17.2 Å². The maximum atomic E-state index is 13.9. The highest BCUT2D eigenvalue weighted by Gasteiger charge is 2.55. The van der Waals surface area contributed by atoms with E-state index in [2.05, 4.69) is 0 Å². The van der Waals surface area contributed by atoms with Crippen molar-refractivity contribution in [2.75, 3.05) is 14.2 Å². The summed E-state index contributed by atoms with van der Waals surface area (Å²) in [5.41, 5.74) is -0.552. The number of carbonyl (C=O) groups excluding carboxylic acids is 1. The van der Waals surface area contributed by atoms with Gasteiger partial charge in [-0.3, -0.25) is 14.2 Å². The quantitative estimate of drug-likeness (QED) is 0.300. The van der Waals surface area contributed by atoms with Crippen LogP contribution in [0.4, 0.5) is 13.2 Å². The highest BCUT2D eigenvalue weighted by Crippen LogP contribution is 2.47. The smallest absolute Gasteiger partial charge is 0.416 e. The average molecular weight is 611 g/mol. The molecule has 222 valence electrons. The van der Waals surface area contributed by atoms with E-state index in [1.54, 1.807) is 37.3 Å². The fourth-order valence-electron chi connectivity index (χ4n) is 5.51. The van der Waals surface area contributed by atoms with Gasteiger partial charge in [0.1, 0.15) is 29.8 Å². The molecule has 0 aliphatic carbocycles. The van der Waals surface area contributed by atoms with E-state index in [1.165, 1.54) is 42.3 Å². The molecule has 0 fully saturated rings. The van der Waals surface area contributed by atoms with Crippen LogP contribution >= 0.6 is 11.3 Å². The maximum absolute atomic E-state index is 13.9. The summed E-state index contributed by atoms with van der Waals surface area (Å²) in [5, 5.41) is 0. The summed E-state index contributed by atoms with van der Waals surface area (Å²) in [6.45, 7) is 1.63. The van der Waals surface area contributed by atoms with Crippen molar-refractivity contribution in [2.45, 2.75) is 31.5 Å². The van der Waals surface area contributed by atoms with E-state index in [0.717, 1.165) is 12.1 Å². The van der Waals surface area contributed by atoms with Gasteiger partial charge in [0.05, 0.1) is 30.4 Å². The number of thiazole rings is 1. The lowest BCUT2D eigenvalue weighted by Crippen LogP contribution is -2.58. The summed E-state index contributed by atoms with van der Waals surface area (Å²) < 4.78 is 63.7. The second kappa shape index (κ2) is 10.6. The number of para-hydroxylation sites is 1. The van der Waals surface area contributed by atoms with Gasteiger partial charge >= 0.3 is 12.1 Å². The highest BCUT2D eigenvalue weighted by atomic mass is 32.1. The molecule has 1 aromatic heterocycles. The number of hydrogen-bond donors (Lipinski definition) is 0. The van der Waals surface area contributed by atoms with E-state index >= 15 is 0 Å². The largest absolute Gasteiger partial charge is 0.496 e. The molecular formula is C31H25F3N2O6S. The van der Waals surface area contributed by atoms with Crippen molar-refractivity contribution in [2.24, 2.45) is 10.9 Å². The number of halogens is 3. The van der Waals surface area contributed by atoms with Gasteiger partial charge in [-0.15, -0.1) is 0 Å². The predicted molar refractivity (Wildman–Crippen MR) is 151 cm³/mol. The van der Waals surface area contributed by atoms with Crippen molar-refractivity contribution in [1.82, 2.24) is 4.57 Å². The van der Waals surface area contributed by atoms with Crippen molar-refractivity contribution in [1.29, 1.82) is 0 Å². The van der Waals surface area contributed by atoms with Gasteiger partial charge in [0.2, 0.25) is 5.72 Å². The summed E-state index contributed by atoms with van der Waals surface area (Å²) in [5.74, 6) is -0.368. The van der Waals surface area contributed by atoms with Gasteiger partial charge in [0.25, 0.3) is 5.56 Å². The van der Waals surface area contributed by atoms with Gasteiger partial charge in [-0.2, -0.15) is 13.2 Å². The number of esters is 1. The van der Waals surface area contributed by atoms with Crippen LogP contribution < -0.4 is 29.1 Å². The average Bonchev–Trinajstić information content (AvgIpc) is 3.27. The number of ether oxygens (including phenoxy) is 4. The lowest BCUT2D eigenvalue weighted by molar-refractivity contribution is -0.158. The Hall–Kier alpha value is -4.58. The molecular weight excluding hydrogens is 585 g/mol. The highest BCUT2D eigenvalue weighted by molar-refractivity contribution is 7.07. The molecule has 6 rings (SSSR count). The van der Waals surface area contributed by atoms with E-state index < -0.39 is 35.4 Å². The molecule has 0 saturated heterocycles. The zero-order valence-electron chi connectivity index (χ0n) is 23.2. The third kappa shape index (κ3) is 5.05. The standard InChI is InChI=1S/C31H25F3N2O6S/c1-30-25(28(38)40-3)26(21-9-4-5-10-23(21)42-30)36-27(37)24(43-29(36)35-30)14-17-11-12-22(39-2)18(13-17)16-41-20-8-6-7-19(15-20)31(32,33)34/h4-15,25-26H,16H2,1-3H3/b24-14+/t25-,26+,30-/m0/s1. The van der Waals surface area contributed by atoms with Gasteiger partial charge in [-0.25, -0.2) is 4.99 Å². The van der Waals surface area contributed by atoms with E-state index in [0.29, 0.717) is 37.5 Å². The molecule has 3 atom stereocenters. The number of benzene rings is 3. The van der Waals surface area contributed by atoms with Crippen LogP contribution in [-0.2, 0) is 22.3 Å². The Kier molecular flexibility index (Phi) is 7.04. The molecule has 2 aliphatic heterocycles. The molecule has 3 heterocycles. The second-order valence-corrected chi connectivity index (χ2v) is 11.2. The molecule has 43 heavy (non-hydrogen) atoms. The van der Waals surface area contributed by atoms with Crippen LogP contribution in [0.1, 0.15) is 35.2 Å². The zero-order chi connectivity index (χ0) is 30.5. The zero-order valence-corrected chi connectivity index (χ0v) is 24.0. The molecule has 0 spiro atoms. The minimum absolute atomic E-state index is 0.0549. The molecule has 0 N–H and O–H groups in total. The van der Waals surface area contributed by atoms with Crippen LogP contribution in [0, 0.1) is 5.92 Å². The first-order chi connectivity index (χ1) is 20.5. The number of fused-ring (bicyclic) bond motifs is 6. The van der Waals surface area contributed by atoms with Gasteiger partial charge in [0.15, 0.2) is 4.80 Å². The van der Waals surface area contributed by atoms with Crippen LogP contribution in [0.3, 0.4) is 0 Å². The monoisotopic (exact) mass is 610 g/mol. The summed E-state index contributed by atoms with van der Waals surface area (Å²) in [6, 6.07) is 16.3. The van der Waals surface area contributed by atoms with E-state index in [4.69, 9.17) is 23.9 Å². The number of aromatic nitrogens is 1. The molecule has 0 amide bonds. The maximum Gasteiger partial charge on any atom is 0.416 e. The van der Waals surface area contributed by atoms with Gasteiger partial charge < -0.3 is 18.9 Å². The summed E-state index contributed by atoms with van der Waals surface area (Å²) in [4.78, 5) is 32.0. The van der Waals surface area contributed by atoms with E-state index in [9.17, 15) is 22.8 Å². The van der Waals surface area contributed by atoms with E-state index in [-0.39, 0.29) is 17.9 Å². The van der Waals surface area contributed by atoms with Crippen molar-refractivity contribution in [3.05, 3.63) is 109 Å². The fourth-order valence-corrected chi connectivity index (χ4v) is 6.61. The number of carbonyl (C=O) groups is 1. The van der Waals surface area contributed by atoms with Crippen LogP contribution in [0.25, 0.3) is 6.08 Å². The van der Waals surface area contributed by atoms with Gasteiger partial charge in [-0.1, -0.05) is 41.7 Å². The first-order valence-electron chi connectivity index (χ1n) is 13.2. The Balaban J connectivity index is 1.40. The van der Waals surface area contributed by atoms with Crippen LogP contribution in [-0.4, -0.2) is 30.5 Å². The topological polar surface area (TPSA) is 88.4 Å². The molecule has 3 aromatic carbocycles. The molecule has 2 bridgehead atoms. The van der Waals surface area contributed by atoms with Crippen LogP contribution in [0.5, 0.6) is 17.2 Å². The summed E-state index contributed by atoms with van der Waals surface area (Å²) in [7, 11) is 2.76. The van der Waals surface area contributed by atoms with Crippen LogP contribution in [0.2, 0.25) is 0 Å². The Labute approximate surface area is 247 Å². The Morgan fingerprint density at radius 2 is 1.91 bits per heavy atom. The SMILES string of the molecule is COC(=O)[C@@H]1[C@H]2c3ccccc3O[C@]1(C)N=c1s/c(=C/c3ccc(OC)c(COc4cccc(C(F)(F)F)c4)c3)c(=O)n12. The molecule has 0 saturated carbocycles. The third-order valence-electron chi connectivity index (χ3n) is 7.49. The van der Waals surface area contributed by atoms with Crippen molar-refractivity contribution in [3.63, 3.8) is 0 Å². The first-order valence-corrected chi connectivity index (χ1v) is 14.0. The van der Waals surface area contributed by atoms with Gasteiger partial charge in [-0.05, 0) is 55.0 Å². The number of rotatable bonds is 6.